The molecule has 0 saturated heterocycles. The van der Waals surface area contributed by atoms with Gasteiger partial charge < -0.3 is 29.2 Å². The monoisotopic (exact) mass is 368 g/mol. The van der Waals surface area contributed by atoms with Gasteiger partial charge in [0.05, 0.1) is 27.8 Å². The van der Waals surface area contributed by atoms with Crippen molar-refractivity contribution in [2.45, 2.75) is 12.0 Å². The summed E-state index contributed by atoms with van der Waals surface area (Å²) in [6.45, 7) is -0.795. The summed E-state index contributed by atoms with van der Waals surface area (Å²) in [5, 5.41) is 19.7. The van der Waals surface area contributed by atoms with Crippen LogP contribution in [0.15, 0.2) is 24.3 Å². The number of esters is 3. The maximum Gasteiger partial charge on any atom is 0.342 e. The molecule has 0 bridgehead atoms. The molecular formula is C17H20O9. The highest BCUT2D eigenvalue weighted by atomic mass is 16.6. The van der Waals surface area contributed by atoms with Crippen LogP contribution in [0.1, 0.15) is 12.0 Å². The van der Waals surface area contributed by atoms with Crippen molar-refractivity contribution in [3.8, 4) is 11.5 Å². The summed E-state index contributed by atoms with van der Waals surface area (Å²) >= 11 is 0. The second kappa shape index (κ2) is 9.42. The van der Waals surface area contributed by atoms with Gasteiger partial charge in [-0.05, 0) is 23.8 Å². The SMILES string of the molecule is COC(=O)CC(O)(COC(=O)C=Cc1ccc(O)c(OC)c1)C(=O)OC. The van der Waals surface area contributed by atoms with Gasteiger partial charge >= 0.3 is 17.9 Å². The molecule has 0 fully saturated rings. The van der Waals surface area contributed by atoms with E-state index in [1.54, 1.807) is 0 Å². The van der Waals surface area contributed by atoms with Gasteiger partial charge in [0.25, 0.3) is 0 Å². The van der Waals surface area contributed by atoms with Crippen molar-refractivity contribution in [1.29, 1.82) is 0 Å². The molecule has 0 saturated carbocycles. The van der Waals surface area contributed by atoms with Crippen LogP contribution in [0.2, 0.25) is 0 Å². The van der Waals surface area contributed by atoms with Crippen molar-refractivity contribution in [2.24, 2.45) is 0 Å². The number of methoxy groups -OCH3 is 3. The molecule has 0 aromatic heterocycles. The summed E-state index contributed by atoms with van der Waals surface area (Å²) in [6.07, 6.45) is 1.69. The number of phenols is 1. The van der Waals surface area contributed by atoms with E-state index in [9.17, 15) is 24.6 Å². The van der Waals surface area contributed by atoms with E-state index in [-0.39, 0.29) is 11.5 Å². The van der Waals surface area contributed by atoms with Gasteiger partial charge in [-0.1, -0.05) is 6.07 Å². The molecule has 1 aromatic carbocycles. The number of benzene rings is 1. The van der Waals surface area contributed by atoms with Crippen molar-refractivity contribution >= 4 is 24.0 Å². The Bertz CT molecular complexity index is 695. The summed E-state index contributed by atoms with van der Waals surface area (Å²) in [5.74, 6) is -2.72. The van der Waals surface area contributed by atoms with Crippen LogP contribution >= 0.6 is 0 Å². The summed E-state index contributed by atoms with van der Waals surface area (Å²) in [7, 11) is 3.48. The van der Waals surface area contributed by atoms with Crippen LogP contribution in [0.5, 0.6) is 11.5 Å². The molecule has 0 heterocycles. The minimum absolute atomic E-state index is 0.0572. The van der Waals surface area contributed by atoms with Crippen molar-refractivity contribution in [3.05, 3.63) is 29.8 Å². The van der Waals surface area contributed by atoms with Gasteiger partial charge in [0.1, 0.15) is 6.61 Å². The molecule has 26 heavy (non-hydrogen) atoms. The van der Waals surface area contributed by atoms with Gasteiger partial charge in [-0.2, -0.15) is 0 Å². The highest BCUT2D eigenvalue weighted by Crippen LogP contribution is 2.26. The van der Waals surface area contributed by atoms with E-state index in [1.807, 2.05) is 0 Å². The average molecular weight is 368 g/mol. The first-order valence-electron chi connectivity index (χ1n) is 7.35. The maximum atomic E-state index is 11.8. The molecule has 2 N–H and O–H groups in total. The third-order valence-electron chi connectivity index (χ3n) is 3.30. The number of phenolic OH excluding ortho intramolecular Hbond substituents is 1. The van der Waals surface area contributed by atoms with E-state index in [1.165, 1.54) is 31.4 Å². The largest absolute Gasteiger partial charge is 0.504 e. The molecule has 0 radical (unpaired) electrons. The number of aromatic hydroxyl groups is 1. The highest BCUT2D eigenvalue weighted by molar-refractivity contribution is 5.89. The van der Waals surface area contributed by atoms with E-state index in [2.05, 4.69) is 9.47 Å². The minimum atomic E-state index is -2.35. The summed E-state index contributed by atoms with van der Waals surface area (Å²) in [4.78, 5) is 34.7. The minimum Gasteiger partial charge on any atom is -0.504 e. The zero-order valence-corrected chi connectivity index (χ0v) is 14.6. The quantitative estimate of drug-likeness (QED) is 0.381. The first-order valence-corrected chi connectivity index (χ1v) is 7.35. The lowest BCUT2D eigenvalue weighted by Crippen LogP contribution is -2.46. The molecule has 142 valence electrons. The third kappa shape index (κ3) is 5.78. The smallest absolute Gasteiger partial charge is 0.342 e. The molecular weight excluding hydrogens is 348 g/mol. The van der Waals surface area contributed by atoms with Gasteiger partial charge in [0.2, 0.25) is 5.60 Å². The second-order valence-electron chi connectivity index (χ2n) is 5.15. The summed E-state index contributed by atoms with van der Waals surface area (Å²) in [5.41, 5.74) is -1.82. The van der Waals surface area contributed by atoms with Crippen molar-refractivity contribution in [2.75, 3.05) is 27.9 Å². The van der Waals surface area contributed by atoms with Gasteiger partial charge in [0.15, 0.2) is 11.5 Å². The number of aliphatic hydroxyl groups is 1. The third-order valence-corrected chi connectivity index (χ3v) is 3.30. The Morgan fingerprint density at radius 3 is 2.42 bits per heavy atom. The number of carbonyl (C=O) groups is 3. The highest BCUT2D eigenvalue weighted by Gasteiger charge is 2.41. The van der Waals surface area contributed by atoms with Crippen LogP contribution in [0.4, 0.5) is 0 Å². The number of ether oxygens (including phenoxy) is 4. The first kappa shape index (κ1) is 21.0. The van der Waals surface area contributed by atoms with Gasteiger partial charge in [-0.15, -0.1) is 0 Å². The molecule has 9 nitrogen and oxygen atoms in total. The standard InChI is InChI=1S/C17H20O9/c1-23-13-8-11(4-6-12(13)18)5-7-14(19)26-10-17(22,16(21)25-3)9-15(20)24-2/h4-8,18,22H,9-10H2,1-3H3. The molecule has 1 unspecified atom stereocenters. The number of hydrogen-bond acceptors (Lipinski definition) is 9. The van der Waals surface area contributed by atoms with Gasteiger partial charge in [-0.3, -0.25) is 4.79 Å². The van der Waals surface area contributed by atoms with Crippen LogP contribution in [-0.2, 0) is 28.6 Å². The lowest BCUT2D eigenvalue weighted by Gasteiger charge is -2.23. The first-order chi connectivity index (χ1) is 12.3. The van der Waals surface area contributed by atoms with Crippen LogP contribution in [0, 0.1) is 0 Å². The Labute approximate surface area is 149 Å². The fourth-order valence-electron chi connectivity index (χ4n) is 1.88. The maximum absolute atomic E-state index is 11.8. The molecule has 0 amide bonds. The Morgan fingerprint density at radius 1 is 1.15 bits per heavy atom. The van der Waals surface area contributed by atoms with E-state index in [4.69, 9.17) is 9.47 Å². The average Bonchev–Trinajstić information content (AvgIpc) is 2.64. The Balaban J connectivity index is 2.76. The molecule has 1 aromatic rings. The molecule has 9 heteroatoms. The van der Waals surface area contributed by atoms with Crippen molar-refractivity contribution in [1.82, 2.24) is 0 Å². The molecule has 1 rings (SSSR count). The number of rotatable bonds is 8. The normalized spacial score (nSPS) is 12.9. The predicted octanol–water partition coefficient (Wildman–Crippen LogP) is 0.424. The van der Waals surface area contributed by atoms with Crippen LogP contribution < -0.4 is 4.74 Å². The lowest BCUT2D eigenvalue weighted by atomic mass is 10.0. The second-order valence-corrected chi connectivity index (χ2v) is 5.15. The van der Waals surface area contributed by atoms with Crippen LogP contribution in [0.25, 0.3) is 6.08 Å². The Kier molecular flexibility index (Phi) is 7.60. The van der Waals surface area contributed by atoms with Crippen molar-refractivity contribution < 1.29 is 43.5 Å². The van der Waals surface area contributed by atoms with Crippen molar-refractivity contribution in [3.63, 3.8) is 0 Å². The van der Waals surface area contributed by atoms with Gasteiger partial charge in [0, 0.05) is 6.08 Å². The van der Waals surface area contributed by atoms with E-state index in [0.29, 0.717) is 5.56 Å². The zero-order chi connectivity index (χ0) is 19.7. The number of carbonyl (C=O) groups excluding carboxylic acids is 3. The Morgan fingerprint density at radius 2 is 1.85 bits per heavy atom. The molecule has 0 aliphatic carbocycles. The Hall–Kier alpha value is -3.07. The number of hydrogen-bond donors (Lipinski definition) is 2. The van der Waals surface area contributed by atoms with Crippen LogP contribution in [0.3, 0.4) is 0 Å². The fourth-order valence-corrected chi connectivity index (χ4v) is 1.88. The van der Waals surface area contributed by atoms with E-state index < -0.39 is 36.5 Å². The molecule has 0 aliphatic heterocycles. The van der Waals surface area contributed by atoms with Gasteiger partial charge in [-0.25, -0.2) is 9.59 Å². The molecule has 1 atom stereocenters. The molecule has 0 aliphatic rings. The topological polar surface area (TPSA) is 129 Å². The fraction of sp³-hybridized carbons (Fsp3) is 0.353. The van der Waals surface area contributed by atoms with Crippen LogP contribution in [-0.4, -0.2) is 61.7 Å². The van der Waals surface area contributed by atoms with E-state index in [0.717, 1.165) is 20.3 Å². The predicted molar refractivity (Wildman–Crippen MR) is 88.3 cm³/mol. The van der Waals surface area contributed by atoms with E-state index >= 15 is 0 Å². The lowest BCUT2D eigenvalue weighted by molar-refractivity contribution is -0.177. The summed E-state index contributed by atoms with van der Waals surface area (Å²) < 4.78 is 18.6. The molecule has 0 spiro atoms. The zero-order valence-electron chi connectivity index (χ0n) is 14.6. The summed E-state index contributed by atoms with van der Waals surface area (Å²) in [6, 6.07) is 4.40.